The number of benzene rings is 3. The fraction of sp³-hybridized carbons (Fsp3) is 0.200. The summed E-state index contributed by atoms with van der Waals surface area (Å²) in [5.41, 5.74) is 4.02. The fourth-order valence-corrected chi connectivity index (χ4v) is 4.18. The predicted octanol–water partition coefficient (Wildman–Crippen LogP) is 4.16. The van der Waals surface area contributed by atoms with Gasteiger partial charge in [0.1, 0.15) is 0 Å². The lowest BCUT2D eigenvalue weighted by Gasteiger charge is -2.18. The highest BCUT2D eigenvalue weighted by atomic mass is 16.6. The predicted molar refractivity (Wildman–Crippen MR) is 123 cm³/mol. The molecule has 0 unspecified atom stereocenters. The second kappa shape index (κ2) is 9.12. The molecule has 1 aliphatic rings. The molecule has 168 valence electrons. The van der Waals surface area contributed by atoms with Crippen molar-refractivity contribution in [3.05, 3.63) is 99.6 Å². The maximum atomic E-state index is 13.0. The highest BCUT2D eigenvalue weighted by Crippen LogP contribution is 2.58. The average molecular weight is 445 g/mol. The number of carbonyl (C=O) groups excluding carboxylic acids is 1. The second-order valence-electron chi connectivity index (χ2n) is 7.77. The smallest absolute Gasteiger partial charge is 0.274 e. The lowest BCUT2D eigenvalue weighted by Crippen LogP contribution is -2.25. The summed E-state index contributed by atoms with van der Waals surface area (Å²) in [6.45, 7) is 1.93. The SMILES string of the molecule is CCOc1cc([N+](=O)[O-])cc(/C=N\NC(=O)[C@@H]2CC2(c2ccccc2)c2ccccc2)c1O. The standard InChI is InChI=1S/C25H23N3O5/c1-2-33-22-14-20(28(31)32)13-17(23(22)29)16-26-27-24(30)21-15-25(21,18-9-5-3-6-10-18)19-11-7-4-8-12-19/h3-14,16,21,29H,2,15H2,1H3,(H,27,30)/b26-16-/t21-/m0/s1. The van der Waals surface area contributed by atoms with E-state index in [9.17, 15) is 20.0 Å². The van der Waals surface area contributed by atoms with Crippen LogP contribution in [0.1, 0.15) is 30.0 Å². The van der Waals surface area contributed by atoms with Crippen LogP contribution in [0.3, 0.4) is 0 Å². The van der Waals surface area contributed by atoms with Gasteiger partial charge < -0.3 is 9.84 Å². The van der Waals surface area contributed by atoms with Gasteiger partial charge in [-0.2, -0.15) is 5.10 Å². The van der Waals surface area contributed by atoms with E-state index in [0.29, 0.717) is 6.42 Å². The van der Waals surface area contributed by atoms with Crippen LogP contribution in [0, 0.1) is 16.0 Å². The van der Waals surface area contributed by atoms with Gasteiger partial charge in [0.15, 0.2) is 11.5 Å². The molecule has 0 bridgehead atoms. The number of nitrogens with one attached hydrogen (secondary N) is 1. The molecular formula is C25H23N3O5. The van der Waals surface area contributed by atoms with Gasteiger partial charge in [0.25, 0.3) is 5.69 Å². The number of nitro benzene ring substituents is 1. The van der Waals surface area contributed by atoms with Crippen LogP contribution < -0.4 is 10.2 Å². The van der Waals surface area contributed by atoms with Crippen molar-refractivity contribution >= 4 is 17.8 Å². The van der Waals surface area contributed by atoms with Crippen LogP contribution >= 0.6 is 0 Å². The van der Waals surface area contributed by atoms with Crippen molar-refractivity contribution < 1.29 is 19.6 Å². The van der Waals surface area contributed by atoms with Crippen molar-refractivity contribution in [2.24, 2.45) is 11.0 Å². The van der Waals surface area contributed by atoms with Crippen LogP contribution in [0.4, 0.5) is 5.69 Å². The van der Waals surface area contributed by atoms with Crippen molar-refractivity contribution in [1.29, 1.82) is 0 Å². The third-order valence-electron chi connectivity index (χ3n) is 5.83. The lowest BCUT2D eigenvalue weighted by atomic mass is 9.85. The number of nitrogens with zero attached hydrogens (tertiary/aromatic N) is 2. The van der Waals surface area contributed by atoms with Gasteiger partial charge in [0, 0.05) is 17.0 Å². The molecule has 0 heterocycles. The van der Waals surface area contributed by atoms with Crippen molar-refractivity contribution in [2.45, 2.75) is 18.8 Å². The maximum Gasteiger partial charge on any atom is 0.274 e. The van der Waals surface area contributed by atoms with Crippen molar-refractivity contribution in [1.82, 2.24) is 5.43 Å². The summed E-state index contributed by atoms with van der Waals surface area (Å²) in [5.74, 6) is -0.894. The zero-order valence-electron chi connectivity index (χ0n) is 18.0. The minimum atomic E-state index is -0.587. The van der Waals surface area contributed by atoms with Crippen molar-refractivity contribution in [2.75, 3.05) is 6.61 Å². The van der Waals surface area contributed by atoms with Gasteiger partial charge >= 0.3 is 0 Å². The zero-order valence-corrected chi connectivity index (χ0v) is 18.0. The summed E-state index contributed by atoms with van der Waals surface area (Å²) in [5, 5.41) is 25.5. The van der Waals surface area contributed by atoms with Gasteiger partial charge in [0.2, 0.25) is 5.91 Å². The summed E-state index contributed by atoms with van der Waals surface area (Å²) < 4.78 is 5.27. The Kier molecular flexibility index (Phi) is 6.08. The van der Waals surface area contributed by atoms with Crippen LogP contribution in [0.5, 0.6) is 11.5 Å². The molecule has 2 N–H and O–H groups in total. The molecule has 8 nitrogen and oxygen atoms in total. The van der Waals surface area contributed by atoms with Crippen LogP contribution in [-0.4, -0.2) is 28.8 Å². The number of carbonyl (C=O) groups is 1. The monoisotopic (exact) mass is 445 g/mol. The Bertz CT molecular complexity index is 1160. The van der Waals surface area contributed by atoms with Crippen molar-refractivity contribution in [3.63, 3.8) is 0 Å². The summed E-state index contributed by atoms with van der Waals surface area (Å²) >= 11 is 0. The van der Waals surface area contributed by atoms with E-state index in [4.69, 9.17) is 4.74 Å². The van der Waals surface area contributed by atoms with Crippen LogP contribution in [0.2, 0.25) is 0 Å². The van der Waals surface area contributed by atoms with E-state index in [-0.39, 0.29) is 41.2 Å². The minimum absolute atomic E-state index is 0.0196. The molecule has 1 atom stereocenters. The van der Waals surface area contributed by atoms with E-state index in [1.807, 2.05) is 60.7 Å². The van der Waals surface area contributed by atoms with Crippen LogP contribution in [-0.2, 0) is 10.2 Å². The first-order valence-corrected chi connectivity index (χ1v) is 10.6. The van der Waals surface area contributed by atoms with Crippen molar-refractivity contribution in [3.8, 4) is 11.5 Å². The number of amides is 1. The zero-order chi connectivity index (χ0) is 23.4. The first-order chi connectivity index (χ1) is 16.0. The Hall–Kier alpha value is -4.20. The fourth-order valence-electron chi connectivity index (χ4n) is 4.18. The molecule has 1 saturated carbocycles. The topological polar surface area (TPSA) is 114 Å². The molecule has 8 heteroatoms. The largest absolute Gasteiger partial charge is 0.504 e. The van der Waals surface area contributed by atoms with E-state index in [1.54, 1.807) is 6.92 Å². The first-order valence-electron chi connectivity index (χ1n) is 10.6. The molecule has 1 amide bonds. The molecule has 0 aliphatic heterocycles. The lowest BCUT2D eigenvalue weighted by molar-refractivity contribution is -0.385. The summed E-state index contributed by atoms with van der Waals surface area (Å²) in [7, 11) is 0. The number of phenols is 1. The highest BCUT2D eigenvalue weighted by Gasteiger charge is 2.60. The molecule has 1 aliphatic carbocycles. The Morgan fingerprint density at radius 3 is 2.33 bits per heavy atom. The number of non-ortho nitro benzene ring substituents is 1. The highest BCUT2D eigenvalue weighted by molar-refractivity contribution is 5.89. The Morgan fingerprint density at radius 2 is 1.79 bits per heavy atom. The van der Waals surface area contributed by atoms with Gasteiger partial charge in [-0.1, -0.05) is 60.7 Å². The number of hydrogen-bond donors (Lipinski definition) is 2. The number of rotatable bonds is 8. The number of nitro groups is 1. The maximum absolute atomic E-state index is 13.0. The molecular weight excluding hydrogens is 422 g/mol. The molecule has 0 spiro atoms. The van der Waals surface area contributed by atoms with E-state index in [2.05, 4.69) is 10.5 Å². The van der Waals surface area contributed by atoms with Gasteiger partial charge in [-0.3, -0.25) is 14.9 Å². The molecule has 1 fully saturated rings. The number of ether oxygens (including phenoxy) is 1. The molecule has 0 radical (unpaired) electrons. The molecule has 3 aromatic rings. The molecule has 4 rings (SSSR count). The van der Waals surface area contributed by atoms with Gasteiger partial charge in [0.05, 0.1) is 29.7 Å². The minimum Gasteiger partial charge on any atom is -0.504 e. The number of hydrazone groups is 1. The number of hydrogen-bond acceptors (Lipinski definition) is 6. The van der Waals surface area contributed by atoms with Crippen LogP contribution in [0.15, 0.2) is 77.9 Å². The molecule has 3 aromatic carbocycles. The Morgan fingerprint density at radius 1 is 1.18 bits per heavy atom. The van der Waals surface area contributed by atoms with E-state index >= 15 is 0 Å². The number of phenolic OH excluding ortho intramolecular Hbond substituents is 1. The third-order valence-corrected chi connectivity index (χ3v) is 5.83. The van der Waals surface area contributed by atoms with Gasteiger partial charge in [-0.15, -0.1) is 0 Å². The summed E-state index contributed by atoms with van der Waals surface area (Å²) in [6.07, 6.45) is 1.82. The van der Waals surface area contributed by atoms with Crippen LogP contribution in [0.25, 0.3) is 0 Å². The van der Waals surface area contributed by atoms with Gasteiger partial charge in [-0.25, -0.2) is 5.43 Å². The van der Waals surface area contributed by atoms with Gasteiger partial charge in [-0.05, 0) is 24.5 Å². The number of aromatic hydroxyl groups is 1. The summed E-state index contributed by atoms with van der Waals surface area (Å²) in [6, 6.07) is 22.0. The quantitative estimate of drug-likeness (QED) is 0.307. The van der Waals surface area contributed by atoms with E-state index < -0.39 is 10.3 Å². The Balaban J connectivity index is 1.56. The third kappa shape index (κ3) is 4.27. The average Bonchev–Trinajstić information content (AvgIpc) is 3.59. The second-order valence-corrected chi connectivity index (χ2v) is 7.77. The normalized spacial score (nSPS) is 16.3. The first kappa shape index (κ1) is 22.0. The van der Waals surface area contributed by atoms with E-state index in [1.165, 1.54) is 12.3 Å². The van der Waals surface area contributed by atoms with E-state index in [0.717, 1.165) is 17.2 Å². The molecule has 0 aromatic heterocycles. The molecule has 0 saturated heterocycles. The summed E-state index contributed by atoms with van der Waals surface area (Å²) in [4.78, 5) is 23.6. The Labute approximate surface area is 190 Å². The molecule has 33 heavy (non-hydrogen) atoms.